The van der Waals surface area contributed by atoms with E-state index in [9.17, 15) is 14.7 Å². The molecule has 2 fully saturated rings. The summed E-state index contributed by atoms with van der Waals surface area (Å²) in [4.78, 5) is 26.9. The number of rotatable bonds is 4. The molecule has 2 rings (SSSR count). The van der Waals surface area contributed by atoms with Crippen LogP contribution >= 0.6 is 0 Å². The van der Waals surface area contributed by atoms with Crippen molar-refractivity contribution < 1.29 is 19.8 Å². The van der Waals surface area contributed by atoms with E-state index in [0.717, 1.165) is 12.8 Å². The maximum atomic E-state index is 12.4. The highest BCUT2D eigenvalue weighted by Crippen LogP contribution is 2.42. The molecule has 0 aromatic heterocycles. The van der Waals surface area contributed by atoms with Gasteiger partial charge in [0.2, 0.25) is 0 Å². The molecule has 0 aromatic rings. The van der Waals surface area contributed by atoms with E-state index in [1.165, 1.54) is 0 Å². The quantitative estimate of drug-likeness (QED) is 0.789. The van der Waals surface area contributed by atoms with Gasteiger partial charge in [0.05, 0.1) is 12.0 Å². The zero-order valence-electron chi connectivity index (χ0n) is 11.5. The van der Waals surface area contributed by atoms with E-state index >= 15 is 0 Å². The normalized spacial score (nSPS) is 30.5. The summed E-state index contributed by atoms with van der Waals surface area (Å²) in [5.41, 5.74) is 0. The fourth-order valence-corrected chi connectivity index (χ4v) is 3.23. The molecule has 2 aliphatic rings. The lowest BCUT2D eigenvalue weighted by molar-refractivity contribution is -0.142. The van der Waals surface area contributed by atoms with Gasteiger partial charge in [0, 0.05) is 25.7 Å². The van der Waals surface area contributed by atoms with Crippen molar-refractivity contribution in [3.05, 3.63) is 0 Å². The van der Waals surface area contributed by atoms with Crippen molar-refractivity contribution in [3.63, 3.8) is 0 Å². The van der Waals surface area contributed by atoms with Crippen molar-refractivity contribution in [2.24, 2.45) is 5.92 Å². The van der Waals surface area contributed by atoms with E-state index in [1.807, 2.05) is 0 Å². The largest absolute Gasteiger partial charge is 0.481 e. The van der Waals surface area contributed by atoms with Crippen LogP contribution in [0, 0.1) is 5.92 Å². The molecule has 0 aromatic carbocycles. The summed E-state index contributed by atoms with van der Waals surface area (Å²) in [6, 6.07) is -0.173. The van der Waals surface area contributed by atoms with Gasteiger partial charge >= 0.3 is 12.0 Å². The molecular weight excluding hydrogens is 248 g/mol. The molecule has 2 amide bonds. The van der Waals surface area contributed by atoms with Gasteiger partial charge in [0.1, 0.15) is 0 Å². The van der Waals surface area contributed by atoms with Gasteiger partial charge in [0.25, 0.3) is 0 Å². The molecule has 6 nitrogen and oxygen atoms in total. The van der Waals surface area contributed by atoms with E-state index in [1.54, 1.807) is 23.8 Å². The van der Waals surface area contributed by atoms with Gasteiger partial charge < -0.3 is 20.0 Å². The first kappa shape index (κ1) is 14.1. The third kappa shape index (κ3) is 2.68. The van der Waals surface area contributed by atoms with Crippen LogP contribution in [-0.2, 0) is 4.79 Å². The van der Waals surface area contributed by atoms with Crippen LogP contribution in [0.25, 0.3) is 0 Å². The van der Waals surface area contributed by atoms with E-state index in [2.05, 4.69) is 0 Å². The third-order valence-corrected chi connectivity index (χ3v) is 4.28. The minimum Gasteiger partial charge on any atom is -0.481 e. The van der Waals surface area contributed by atoms with Gasteiger partial charge in [-0.25, -0.2) is 4.79 Å². The maximum Gasteiger partial charge on any atom is 0.320 e. The molecule has 2 saturated heterocycles. The number of aliphatic hydroxyl groups excluding tert-OH is 1. The maximum absolute atomic E-state index is 12.4. The second-order valence-corrected chi connectivity index (χ2v) is 5.73. The Hall–Kier alpha value is -1.30. The molecule has 2 bridgehead atoms. The number of carbonyl (C=O) groups is 2. The van der Waals surface area contributed by atoms with Gasteiger partial charge in [-0.15, -0.1) is 0 Å². The summed E-state index contributed by atoms with van der Waals surface area (Å²) >= 11 is 0. The Morgan fingerprint density at radius 2 is 2.11 bits per heavy atom. The fraction of sp³-hybridized carbons (Fsp3) is 0.846. The Morgan fingerprint density at radius 3 is 2.63 bits per heavy atom. The average molecular weight is 270 g/mol. The van der Waals surface area contributed by atoms with E-state index < -0.39 is 18.0 Å². The molecule has 2 N–H and O–H groups in total. The standard InChI is InChI=1S/C13H22N2O4/c1-8(16)5-6-14(2)13(19)15-9-3-4-11(15)10(7-9)12(17)18/h8-11,16H,3-7H2,1-2H3,(H,17,18). The van der Waals surface area contributed by atoms with Crippen LogP contribution in [0.1, 0.15) is 32.6 Å². The Labute approximate surface area is 113 Å². The number of hydrogen-bond donors (Lipinski definition) is 2. The molecule has 4 unspecified atom stereocenters. The second-order valence-electron chi connectivity index (χ2n) is 5.73. The minimum atomic E-state index is -0.795. The predicted molar refractivity (Wildman–Crippen MR) is 68.7 cm³/mol. The number of amides is 2. The third-order valence-electron chi connectivity index (χ3n) is 4.28. The first-order valence-electron chi connectivity index (χ1n) is 6.86. The molecule has 0 spiro atoms. The van der Waals surface area contributed by atoms with Gasteiger partial charge in [-0.1, -0.05) is 0 Å². The molecule has 0 saturated carbocycles. The van der Waals surface area contributed by atoms with Crippen molar-refractivity contribution in [2.75, 3.05) is 13.6 Å². The molecule has 2 aliphatic heterocycles. The van der Waals surface area contributed by atoms with Crippen molar-refractivity contribution in [1.29, 1.82) is 0 Å². The average Bonchev–Trinajstić information content (AvgIpc) is 2.92. The smallest absolute Gasteiger partial charge is 0.320 e. The lowest BCUT2D eigenvalue weighted by Gasteiger charge is -2.29. The van der Waals surface area contributed by atoms with E-state index in [4.69, 9.17) is 5.11 Å². The van der Waals surface area contributed by atoms with E-state index in [0.29, 0.717) is 19.4 Å². The lowest BCUT2D eigenvalue weighted by Crippen LogP contribution is -2.45. The summed E-state index contributed by atoms with van der Waals surface area (Å²) in [6.45, 7) is 2.18. The molecule has 19 heavy (non-hydrogen) atoms. The number of hydrogen-bond acceptors (Lipinski definition) is 3. The van der Waals surface area contributed by atoms with Crippen LogP contribution in [0.15, 0.2) is 0 Å². The first-order chi connectivity index (χ1) is 8.91. The van der Waals surface area contributed by atoms with Gasteiger partial charge in [-0.05, 0) is 32.6 Å². The zero-order valence-corrected chi connectivity index (χ0v) is 11.5. The summed E-state index contributed by atoms with van der Waals surface area (Å²) in [7, 11) is 1.71. The number of urea groups is 1. The van der Waals surface area contributed by atoms with Crippen LogP contribution in [-0.4, -0.2) is 63.8 Å². The van der Waals surface area contributed by atoms with Gasteiger partial charge in [-0.2, -0.15) is 0 Å². The zero-order chi connectivity index (χ0) is 14.2. The number of carboxylic acid groups (broad SMARTS) is 1. The molecular formula is C13H22N2O4. The SMILES string of the molecule is CC(O)CCN(C)C(=O)N1C2CCC1C(C(=O)O)C2. The number of aliphatic hydroxyl groups is 1. The number of carboxylic acids is 1. The highest BCUT2D eigenvalue weighted by molar-refractivity contribution is 5.79. The molecule has 6 heteroatoms. The number of fused-ring (bicyclic) bond motifs is 2. The van der Waals surface area contributed by atoms with Crippen molar-refractivity contribution in [2.45, 2.75) is 50.8 Å². The monoisotopic (exact) mass is 270 g/mol. The Bertz CT molecular complexity index is 372. The summed E-state index contributed by atoms with van der Waals surface area (Å²) in [5.74, 6) is -1.20. The van der Waals surface area contributed by atoms with Crippen molar-refractivity contribution >= 4 is 12.0 Å². The Balaban J connectivity index is 1.98. The van der Waals surface area contributed by atoms with Gasteiger partial charge in [-0.3, -0.25) is 4.79 Å². The highest BCUT2D eigenvalue weighted by atomic mass is 16.4. The topological polar surface area (TPSA) is 81.1 Å². The number of aliphatic carboxylic acids is 1. The van der Waals surface area contributed by atoms with Crippen LogP contribution in [0.2, 0.25) is 0 Å². The molecule has 0 radical (unpaired) electrons. The van der Waals surface area contributed by atoms with Crippen LogP contribution < -0.4 is 0 Å². The molecule has 0 aliphatic carbocycles. The number of carbonyl (C=O) groups excluding carboxylic acids is 1. The highest BCUT2D eigenvalue weighted by Gasteiger charge is 2.51. The Morgan fingerprint density at radius 1 is 1.42 bits per heavy atom. The lowest BCUT2D eigenvalue weighted by atomic mass is 9.89. The van der Waals surface area contributed by atoms with Crippen LogP contribution in [0.4, 0.5) is 4.79 Å². The first-order valence-corrected chi connectivity index (χ1v) is 6.86. The summed E-state index contributed by atoms with van der Waals surface area (Å²) in [5, 5.41) is 18.4. The number of nitrogens with zero attached hydrogens (tertiary/aromatic N) is 2. The Kier molecular flexibility index (Phi) is 3.99. The summed E-state index contributed by atoms with van der Waals surface area (Å²) in [6.07, 6.45) is 2.38. The van der Waals surface area contributed by atoms with Crippen LogP contribution in [0.3, 0.4) is 0 Å². The summed E-state index contributed by atoms with van der Waals surface area (Å²) < 4.78 is 0. The van der Waals surface area contributed by atoms with Gasteiger partial charge in [0.15, 0.2) is 0 Å². The minimum absolute atomic E-state index is 0.0765. The molecule has 4 atom stereocenters. The molecule has 108 valence electrons. The van der Waals surface area contributed by atoms with E-state index in [-0.39, 0.29) is 18.1 Å². The second kappa shape index (κ2) is 5.36. The predicted octanol–water partition coefficient (Wildman–Crippen LogP) is 0.747. The van der Waals surface area contributed by atoms with Crippen molar-refractivity contribution in [1.82, 2.24) is 9.80 Å². The molecule has 2 heterocycles. The fourth-order valence-electron chi connectivity index (χ4n) is 3.23. The van der Waals surface area contributed by atoms with Crippen molar-refractivity contribution in [3.8, 4) is 0 Å². The van der Waals surface area contributed by atoms with Crippen LogP contribution in [0.5, 0.6) is 0 Å².